The lowest BCUT2D eigenvalue weighted by Crippen LogP contribution is -2.01. The van der Waals surface area contributed by atoms with E-state index in [0.717, 1.165) is 22.2 Å². The summed E-state index contributed by atoms with van der Waals surface area (Å²) in [5.41, 5.74) is 3.43. The summed E-state index contributed by atoms with van der Waals surface area (Å²) in [6.07, 6.45) is 0. The Balaban J connectivity index is 2.98. The number of aryl methyl sites for hydroxylation is 2. The minimum atomic E-state index is -0.874. The summed E-state index contributed by atoms with van der Waals surface area (Å²) in [5, 5.41) is 10.1. The van der Waals surface area contributed by atoms with E-state index in [1.54, 1.807) is 12.1 Å². The van der Waals surface area contributed by atoms with E-state index in [0.29, 0.717) is 5.56 Å². The monoisotopic (exact) mass is 203 g/mol. The summed E-state index contributed by atoms with van der Waals surface area (Å²) in [5.74, 6) is -0.874. The third-order valence-corrected chi connectivity index (χ3v) is 3.05. The molecule has 0 bridgehead atoms. The van der Waals surface area contributed by atoms with Gasteiger partial charge in [-0.25, -0.2) is 4.79 Å². The highest BCUT2D eigenvalue weighted by Gasteiger charge is 2.15. The number of carbonyl (C=O) groups is 1. The van der Waals surface area contributed by atoms with Crippen LogP contribution in [-0.4, -0.2) is 15.6 Å². The lowest BCUT2D eigenvalue weighted by molar-refractivity contribution is 0.0698. The van der Waals surface area contributed by atoms with Crippen LogP contribution in [0.3, 0.4) is 0 Å². The van der Waals surface area contributed by atoms with Crippen LogP contribution in [-0.2, 0) is 7.05 Å². The lowest BCUT2D eigenvalue weighted by Gasteiger charge is -2.02. The maximum absolute atomic E-state index is 11.1. The minimum absolute atomic E-state index is 0.367. The van der Waals surface area contributed by atoms with E-state index in [2.05, 4.69) is 0 Å². The van der Waals surface area contributed by atoms with Crippen molar-refractivity contribution in [2.24, 2.45) is 7.05 Å². The maximum Gasteiger partial charge on any atom is 0.337 e. The number of carboxylic acid groups (broad SMARTS) is 1. The summed E-state index contributed by atoms with van der Waals surface area (Å²) >= 11 is 0. The van der Waals surface area contributed by atoms with E-state index in [9.17, 15) is 4.79 Å². The highest BCUT2D eigenvalue weighted by Crippen LogP contribution is 2.26. The molecule has 0 aliphatic rings. The average Bonchev–Trinajstić information content (AvgIpc) is 2.44. The van der Waals surface area contributed by atoms with E-state index >= 15 is 0 Å². The van der Waals surface area contributed by atoms with Gasteiger partial charge in [-0.1, -0.05) is 12.1 Å². The predicted octanol–water partition coefficient (Wildman–Crippen LogP) is 2.49. The molecule has 0 saturated heterocycles. The van der Waals surface area contributed by atoms with Gasteiger partial charge < -0.3 is 9.67 Å². The van der Waals surface area contributed by atoms with E-state index in [1.165, 1.54) is 0 Å². The zero-order valence-electron chi connectivity index (χ0n) is 9.03. The largest absolute Gasteiger partial charge is 0.478 e. The molecule has 0 spiro atoms. The smallest absolute Gasteiger partial charge is 0.337 e. The molecule has 1 heterocycles. The molecule has 1 aromatic heterocycles. The zero-order valence-corrected chi connectivity index (χ0v) is 9.03. The van der Waals surface area contributed by atoms with Crippen molar-refractivity contribution >= 4 is 16.9 Å². The Morgan fingerprint density at radius 2 is 2.00 bits per heavy atom. The number of aromatic carboxylic acids is 1. The fraction of sp³-hybridized carbons (Fsp3) is 0.250. The van der Waals surface area contributed by atoms with Gasteiger partial charge in [0.1, 0.15) is 0 Å². The predicted molar refractivity (Wildman–Crippen MR) is 59.4 cm³/mol. The first-order chi connectivity index (χ1) is 7.04. The standard InChI is InChI=1S/C12H13NO2/c1-7-8(2)13(3)11-9(7)5-4-6-10(11)12(14)15/h4-6H,1-3H3,(H,14,15). The molecular weight excluding hydrogens is 190 g/mol. The zero-order chi connectivity index (χ0) is 11.2. The number of carboxylic acids is 1. The van der Waals surface area contributed by atoms with Crippen molar-refractivity contribution < 1.29 is 9.90 Å². The van der Waals surface area contributed by atoms with Crippen LogP contribution >= 0.6 is 0 Å². The Labute approximate surface area is 87.9 Å². The van der Waals surface area contributed by atoms with Crippen molar-refractivity contribution in [1.29, 1.82) is 0 Å². The van der Waals surface area contributed by atoms with Gasteiger partial charge in [-0.2, -0.15) is 0 Å². The van der Waals surface area contributed by atoms with E-state index < -0.39 is 5.97 Å². The molecule has 15 heavy (non-hydrogen) atoms. The number of hydrogen-bond acceptors (Lipinski definition) is 1. The van der Waals surface area contributed by atoms with Gasteiger partial charge in [-0.05, 0) is 25.5 Å². The maximum atomic E-state index is 11.1. The van der Waals surface area contributed by atoms with E-state index in [4.69, 9.17) is 5.11 Å². The topological polar surface area (TPSA) is 42.2 Å². The number of rotatable bonds is 1. The number of para-hydroxylation sites is 1. The third kappa shape index (κ3) is 1.23. The molecular formula is C12H13NO2. The fourth-order valence-electron chi connectivity index (χ4n) is 1.99. The van der Waals surface area contributed by atoms with Crippen molar-refractivity contribution in [3.63, 3.8) is 0 Å². The molecule has 0 atom stereocenters. The summed E-state index contributed by atoms with van der Waals surface area (Å²) in [4.78, 5) is 11.1. The number of benzene rings is 1. The van der Waals surface area contributed by atoms with Crippen LogP contribution in [0.4, 0.5) is 0 Å². The molecule has 0 saturated carbocycles. The summed E-state index contributed by atoms with van der Waals surface area (Å²) in [6.45, 7) is 4.02. The first-order valence-corrected chi connectivity index (χ1v) is 4.82. The summed E-state index contributed by atoms with van der Waals surface area (Å²) < 4.78 is 1.94. The van der Waals surface area contributed by atoms with Crippen molar-refractivity contribution in [2.45, 2.75) is 13.8 Å². The Bertz CT molecular complexity index is 552. The van der Waals surface area contributed by atoms with Crippen LogP contribution in [0, 0.1) is 13.8 Å². The van der Waals surface area contributed by atoms with Crippen LogP contribution < -0.4 is 0 Å². The number of nitrogens with zero attached hydrogens (tertiary/aromatic N) is 1. The second-order valence-corrected chi connectivity index (χ2v) is 3.78. The van der Waals surface area contributed by atoms with Gasteiger partial charge in [-0.3, -0.25) is 0 Å². The van der Waals surface area contributed by atoms with E-state index in [1.807, 2.05) is 31.5 Å². The van der Waals surface area contributed by atoms with E-state index in [-0.39, 0.29) is 0 Å². The van der Waals surface area contributed by atoms with Gasteiger partial charge in [0.2, 0.25) is 0 Å². The number of aromatic nitrogens is 1. The van der Waals surface area contributed by atoms with Crippen molar-refractivity contribution in [3.8, 4) is 0 Å². The van der Waals surface area contributed by atoms with Crippen molar-refractivity contribution in [3.05, 3.63) is 35.0 Å². The van der Waals surface area contributed by atoms with Gasteiger partial charge in [0.05, 0.1) is 11.1 Å². The number of hydrogen-bond donors (Lipinski definition) is 1. The molecule has 0 aliphatic carbocycles. The Kier molecular flexibility index (Phi) is 2.03. The second-order valence-electron chi connectivity index (χ2n) is 3.78. The molecule has 2 rings (SSSR count). The Morgan fingerprint density at radius 3 is 2.60 bits per heavy atom. The molecule has 2 aromatic rings. The van der Waals surface area contributed by atoms with Crippen LogP contribution in [0.5, 0.6) is 0 Å². The highest BCUT2D eigenvalue weighted by molar-refractivity contribution is 6.03. The molecule has 3 nitrogen and oxygen atoms in total. The van der Waals surface area contributed by atoms with Crippen LogP contribution in [0.2, 0.25) is 0 Å². The van der Waals surface area contributed by atoms with Crippen molar-refractivity contribution in [1.82, 2.24) is 4.57 Å². The molecule has 3 heteroatoms. The Hall–Kier alpha value is -1.77. The van der Waals surface area contributed by atoms with Crippen LogP contribution in [0.15, 0.2) is 18.2 Å². The van der Waals surface area contributed by atoms with Gasteiger partial charge in [-0.15, -0.1) is 0 Å². The normalized spacial score (nSPS) is 10.9. The van der Waals surface area contributed by atoms with Gasteiger partial charge in [0, 0.05) is 18.1 Å². The minimum Gasteiger partial charge on any atom is -0.478 e. The quantitative estimate of drug-likeness (QED) is 0.773. The molecule has 0 fully saturated rings. The molecule has 78 valence electrons. The number of fused-ring (bicyclic) bond motifs is 1. The summed E-state index contributed by atoms with van der Waals surface area (Å²) in [6, 6.07) is 5.39. The molecule has 1 aromatic carbocycles. The van der Waals surface area contributed by atoms with Crippen LogP contribution in [0.1, 0.15) is 21.6 Å². The van der Waals surface area contributed by atoms with Crippen LogP contribution in [0.25, 0.3) is 10.9 Å². The SMILES string of the molecule is Cc1c(C)n(C)c2c(C(=O)O)cccc12. The molecule has 0 radical (unpaired) electrons. The van der Waals surface area contributed by atoms with Gasteiger partial charge in [0.25, 0.3) is 0 Å². The molecule has 1 N–H and O–H groups in total. The molecule has 0 unspecified atom stereocenters. The van der Waals surface area contributed by atoms with Gasteiger partial charge in [0.15, 0.2) is 0 Å². The first-order valence-electron chi connectivity index (χ1n) is 4.82. The molecule has 0 amide bonds. The highest BCUT2D eigenvalue weighted by atomic mass is 16.4. The van der Waals surface area contributed by atoms with Gasteiger partial charge >= 0.3 is 5.97 Å². The fourth-order valence-corrected chi connectivity index (χ4v) is 1.99. The average molecular weight is 203 g/mol. The lowest BCUT2D eigenvalue weighted by atomic mass is 10.1. The second kappa shape index (κ2) is 3.12. The Morgan fingerprint density at radius 1 is 1.33 bits per heavy atom. The third-order valence-electron chi connectivity index (χ3n) is 3.05. The first kappa shape index (κ1) is 9.77. The summed E-state index contributed by atoms with van der Waals surface area (Å²) in [7, 11) is 1.90. The molecule has 0 aliphatic heterocycles. The van der Waals surface area contributed by atoms with Crippen molar-refractivity contribution in [2.75, 3.05) is 0 Å².